The molecule has 0 fully saturated rings. The number of carbonyl (C=O) groups excluding carboxylic acids is 1. The molecule has 0 saturated heterocycles. The van der Waals surface area contributed by atoms with Crippen LogP contribution in [-0.4, -0.2) is 19.6 Å². The van der Waals surface area contributed by atoms with Gasteiger partial charge in [-0.25, -0.2) is 4.79 Å². The van der Waals surface area contributed by atoms with Crippen LogP contribution in [0.25, 0.3) is 0 Å². The highest BCUT2D eigenvalue weighted by molar-refractivity contribution is 5.91. The van der Waals surface area contributed by atoms with Gasteiger partial charge in [-0.1, -0.05) is 12.1 Å². The Morgan fingerprint density at radius 3 is 3.14 bits per heavy atom. The van der Waals surface area contributed by atoms with Crippen LogP contribution in [0.15, 0.2) is 18.2 Å². The molecule has 0 aliphatic carbocycles. The van der Waals surface area contributed by atoms with Crippen molar-refractivity contribution in [3.63, 3.8) is 0 Å². The van der Waals surface area contributed by atoms with Crippen molar-refractivity contribution < 1.29 is 9.53 Å². The van der Waals surface area contributed by atoms with Gasteiger partial charge in [0.05, 0.1) is 12.7 Å². The SMILES string of the molecule is COC(=O)c1cccc2c1CCNC2. The fourth-order valence-electron chi connectivity index (χ4n) is 1.83. The molecule has 14 heavy (non-hydrogen) atoms. The van der Waals surface area contributed by atoms with E-state index in [4.69, 9.17) is 4.74 Å². The predicted octanol–water partition coefficient (Wildman–Crippen LogP) is 1.12. The molecule has 0 atom stereocenters. The molecule has 74 valence electrons. The molecular formula is C11H13NO2. The van der Waals surface area contributed by atoms with Crippen molar-refractivity contribution >= 4 is 5.97 Å². The third-order valence-corrected chi connectivity index (χ3v) is 2.55. The summed E-state index contributed by atoms with van der Waals surface area (Å²) in [4.78, 5) is 11.4. The Hall–Kier alpha value is -1.35. The van der Waals surface area contributed by atoms with Crippen molar-refractivity contribution in [2.24, 2.45) is 0 Å². The van der Waals surface area contributed by atoms with Gasteiger partial charge in [0.15, 0.2) is 0 Å². The first-order valence-corrected chi connectivity index (χ1v) is 4.72. The molecule has 0 unspecified atom stereocenters. The van der Waals surface area contributed by atoms with Gasteiger partial charge in [0.1, 0.15) is 0 Å². The van der Waals surface area contributed by atoms with E-state index in [1.54, 1.807) is 0 Å². The molecule has 0 saturated carbocycles. The average Bonchev–Trinajstić information content (AvgIpc) is 2.27. The quantitative estimate of drug-likeness (QED) is 0.676. The second kappa shape index (κ2) is 3.80. The molecule has 0 spiro atoms. The lowest BCUT2D eigenvalue weighted by atomic mass is 9.95. The van der Waals surface area contributed by atoms with Crippen molar-refractivity contribution in [1.29, 1.82) is 0 Å². The van der Waals surface area contributed by atoms with E-state index in [1.165, 1.54) is 12.7 Å². The summed E-state index contributed by atoms with van der Waals surface area (Å²) >= 11 is 0. The van der Waals surface area contributed by atoms with Crippen LogP contribution < -0.4 is 5.32 Å². The Bertz CT molecular complexity index is 360. The summed E-state index contributed by atoms with van der Waals surface area (Å²) in [5.41, 5.74) is 3.06. The zero-order valence-corrected chi connectivity index (χ0v) is 8.17. The Balaban J connectivity index is 2.45. The number of rotatable bonds is 1. The van der Waals surface area contributed by atoms with Gasteiger partial charge in [-0.15, -0.1) is 0 Å². The molecule has 0 aromatic heterocycles. The Morgan fingerprint density at radius 1 is 1.50 bits per heavy atom. The molecule has 1 aromatic carbocycles. The molecular weight excluding hydrogens is 178 g/mol. The van der Waals surface area contributed by atoms with Gasteiger partial charge < -0.3 is 10.1 Å². The van der Waals surface area contributed by atoms with E-state index in [-0.39, 0.29) is 5.97 Å². The van der Waals surface area contributed by atoms with Crippen LogP contribution in [0.5, 0.6) is 0 Å². The van der Waals surface area contributed by atoms with Crippen LogP contribution in [0.4, 0.5) is 0 Å². The van der Waals surface area contributed by atoms with E-state index in [9.17, 15) is 4.79 Å². The maximum atomic E-state index is 11.4. The van der Waals surface area contributed by atoms with E-state index >= 15 is 0 Å². The first kappa shape index (κ1) is 9.21. The van der Waals surface area contributed by atoms with E-state index < -0.39 is 0 Å². The number of carbonyl (C=O) groups is 1. The zero-order valence-electron chi connectivity index (χ0n) is 8.17. The van der Waals surface area contributed by atoms with Crippen LogP contribution >= 0.6 is 0 Å². The highest BCUT2D eigenvalue weighted by Crippen LogP contribution is 2.19. The van der Waals surface area contributed by atoms with Gasteiger partial charge in [0, 0.05) is 6.54 Å². The van der Waals surface area contributed by atoms with Crippen molar-refractivity contribution in [2.45, 2.75) is 13.0 Å². The first-order chi connectivity index (χ1) is 6.83. The molecule has 1 aliphatic heterocycles. The molecule has 2 rings (SSSR count). The summed E-state index contributed by atoms with van der Waals surface area (Å²) in [5, 5.41) is 3.27. The Morgan fingerprint density at radius 2 is 2.36 bits per heavy atom. The van der Waals surface area contributed by atoms with E-state index in [2.05, 4.69) is 5.32 Å². The van der Waals surface area contributed by atoms with Gasteiger partial charge in [-0.2, -0.15) is 0 Å². The average molecular weight is 191 g/mol. The number of benzene rings is 1. The summed E-state index contributed by atoms with van der Waals surface area (Å²) in [5.74, 6) is -0.233. The number of ether oxygens (including phenoxy) is 1. The van der Waals surface area contributed by atoms with Crippen molar-refractivity contribution in [3.8, 4) is 0 Å². The van der Waals surface area contributed by atoms with Crippen LogP contribution in [0.2, 0.25) is 0 Å². The van der Waals surface area contributed by atoms with Crippen LogP contribution in [-0.2, 0) is 17.7 Å². The fraction of sp³-hybridized carbons (Fsp3) is 0.364. The van der Waals surface area contributed by atoms with E-state index in [1.807, 2.05) is 18.2 Å². The topological polar surface area (TPSA) is 38.3 Å². The second-order valence-corrected chi connectivity index (χ2v) is 3.36. The minimum Gasteiger partial charge on any atom is -0.465 e. The highest BCUT2D eigenvalue weighted by atomic mass is 16.5. The Labute approximate surface area is 83.1 Å². The normalized spacial score (nSPS) is 14.6. The number of nitrogens with one attached hydrogen (secondary N) is 1. The van der Waals surface area contributed by atoms with Gasteiger partial charge in [0.25, 0.3) is 0 Å². The lowest BCUT2D eigenvalue weighted by molar-refractivity contribution is 0.0599. The highest BCUT2D eigenvalue weighted by Gasteiger charge is 2.16. The number of hydrogen-bond donors (Lipinski definition) is 1. The van der Waals surface area contributed by atoms with Crippen molar-refractivity contribution in [2.75, 3.05) is 13.7 Å². The maximum Gasteiger partial charge on any atom is 0.338 e. The van der Waals surface area contributed by atoms with Crippen molar-refractivity contribution in [1.82, 2.24) is 5.32 Å². The smallest absolute Gasteiger partial charge is 0.338 e. The monoisotopic (exact) mass is 191 g/mol. The van der Waals surface area contributed by atoms with Gasteiger partial charge >= 0.3 is 5.97 Å². The van der Waals surface area contributed by atoms with Crippen LogP contribution in [0, 0.1) is 0 Å². The molecule has 0 bridgehead atoms. The maximum absolute atomic E-state index is 11.4. The number of hydrogen-bond acceptors (Lipinski definition) is 3. The van der Waals surface area contributed by atoms with E-state index in [0.717, 1.165) is 25.1 Å². The standard InChI is InChI=1S/C11H13NO2/c1-14-11(13)10-4-2-3-8-7-12-6-5-9(8)10/h2-4,12H,5-7H2,1H3. The number of fused-ring (bicyclic) bond motifs is 1. The number of methoxy groups -OCH3 is 1. The largest absolute Gasteiger partial charge is 0.465 e. The summed E-state index contributed by atoms with van der Waals surface area (Å²) in [7, 11) is 1.42. The molecule has 1 aromatic rings. The zero-order chi connectivity index (χ0) is 9.97. The first-order valence-electron chi connectivity index (χ1n) is 4.72. The third-order valence-electron chi connectivity index (χ3n) is 2.55. The molecule has 1 N–H and O–H groups in total. The van der Waals surface area contributed by atoms with Crippen LogP contribution in [0.3, 0.4) is 0 Å². The molecule has 3 heteroatoms. The summed E-state index contributed by atoms with van der Waals surface area (Å²) < 4.78 is 4.74. The predicted molar refractivity (Wildman–Crippen MR) is 53.2 cm³/mol. The summed E-state index contributed by atoms with van der Waals surface area (Å²) in [6, 6.07) is 5.78. The van der Waals surface area contributed by atoms with E-state index in [0.29, 0.717) is 5.56 Å². The lowest BCUT2D eigenvalue weighted by Crippen LogP contribution is -2.25. The third kappa shape index (κ3) is 1.51. The summed E-state index contributed by atoms with van der Waals surface area (Å²) in [6.45, 7) is 1.78. The minimum absolute atomic E-state index is 0.233. The number of esters is 1. The Kier molecular flexibility index (Phi) is 2.50. The lowest BCUT2D eigenvalue weighted by Gasteiger charge is -2.19. The summed E-state index contributed by atoms with van der Waals surface area (Å²) in [6.07, 6.45) is 0.903. The molecule has 3 nitrogen and oxygen atoms in total. The molecule has 1 heterocycles. The molecule has 0 amide bonds. The van der Waals surface area contributed by atoms with Gasteiger partial charge in [-0.05, 0) is 30.2 Å². The second-order valence-electron chi connectivity index (χ2n) is 3.36. The van der Waals surface area contributed by atoms with Gasteiger partial charge in [-0.3, -0.25) is 0 Å². The molecule has 1 aliphatic rings. The fourth-order valence-corrected chi connectivity index (χ4v) is 1.83. The minimum atomic E-state index is -0.233. The van der Waals surface area contributed by atoms with Gasteiger partial charge in [0.2, 0.25) is 0 Å². The van der Waals surface area contributed by atoms with Crippen molar-refractivity contribution in [3.05, 3.63) is 34.9 Å². The molecule has 0 radical (unpaired) electrons. The van der Waals surface area contributed by atoms with Crippen LogP contribution in [0.1, 0.15) is 21.5 Å².